The molecular formula is C35H48O12. The maximum Gasteiger partial charge on any atom is 0.330 e. The first-order chi connectivity index (χ1) is 22.4. The first-order valence-corrected chi connectivity index (χ1v) is 15.2. The maximum atomic E-state index is 11.8. The summed E-state index contributed by atoms with van der Waals surface area (Å²) in [6.07, 6.45) is 9.80. The molecule has 0 radical (unpaired) electrons. The second-order valence-electron chi connectivity index (χ2n) is 10.6. The summed E-state index contributed by atoms with van der Waals surface area (Å²) in [5, 5.41) is 0. The Hall–Kier alpha value is -4.74. The number of carbonyl (C=O) groups excluding carboxylic acids is 6. The van der Waals surface area contributed by atoms with Crippen LogP contribution in [0.3, 0.4) is 0 Å². The van der Waals surface area contributed by atoms with Crippen LogP contribution in [0.2, 0.25) is 0 Å². The van der Waals surface area contributed by atoms with Gasteiger partial charge in [0.25, 0.3) is 0 Å². The van der Waals surface area contributed by atoms with E-state index in [1.165, 1.54) is 0 Å². The van der Waals surface area contributed by atoms with E-state index in [0.29, 0.717) is 57.8 Å². The van der Waals surface area contributed by atoms with Gasteiger partial charge in [-0.15, -0.1) is 0 Å². The molecule has 0 heterocycles. The van der Waals surface area contributed by atoms with Crippen LogP contribution in [0.4, 0.5) is 0 Å². The molecule has 0 aromatic rings. The molecule has 0 aromatic carbocycles. The van der Waals surface area contributed by atoms with Gasteiger partial charge in [-0.3, -0.25) is 0 Å². The summed E-state index contributed by atoms with van der Waals surface area (Å²) >= 11 is 0. The van der Waals surface area contributed by atoms with Crippen LogP contribution in [0.15, 0.2) is 75.9 Å². The molecule has 47 heavy (non-hydrogen) atoms. The van der Waals surface area contributed by atoms with Gasteiger partial charge in [0.1, 0.15) is 0 Å². The first-order valence-electron chi connectivity index (χ1n) is 15.2. The van der Waals surface area contributed by atoms with E-state index in [9.17, 15) is 28.8 Å². The van der Waals surface area contributed by atoms with Crippen molar-refractivity contribution in [2.45, 2.75) is 57.8 Å². The van der Waals surface area contributed by atoms with Crippen molar-refractivity contribution in [3.8, 4) is 0 Å². The molecule has 0 fully saturated rings. The summed E-state index contributed by atoms with van der Waals surface area (Å²) in [4.78, 5) is 70.9. The monoisotopic (exact) mass is 660 g/mol. The van der Waals surface area contributed by atoms with Gasteiger partial charge >= 0.3 is 35.8 Å². The van der Waals surface area contributed by atoms with E-state index in [0.717, 1.165) is 36.5 Å². The van der Waals surface area contributed by atoms with Crippen molar-refractivity contribution < 1.29 is 57.2 Å². The van der Waals surface area contributed by atoms with Gasteiger partial charge in [0, 0.05) is 36.5 Å². The van der Waals surface area contributed by atoms with E-state index in [1.54, 1.807) is 0 Å². The minimum atomic E-state index is -0.643. The predicted octanol–water partition coefficient (Wildman–Crippen LogP) is 4.85. The highest BCUT2D eigenvalue weighted by Crippen LogP contribution is 2.42. The van der Waals surface area contributed by atoms with E-state index in [-0.39, 0.29) is 39.6 Å². The molecule has 0 amide bonds. The average Bonchev–Trinajstić information content (AvgIpc) is 3.07. The minimum Gasteiger partial charge on any atom is -0.463 e. The zero-order valence-corrected chi connectivity index (χ0v) is 27.2. The molecule has 0 saturated carbocycles. The highest BCUT2D eigenvalue weighted by molar-refractivity contribution is 5.82. The third-order valence-electron chi connectivity index (χ3n) is 7.67. The molecule has 0 aliphatic rings. The van der Waals surface area contributed by atoms with E-state index < -0.39 is 46.6 Å². The van der Waals surface area contributed by atoms with Gasteiger partial charge in [-0.05, 0) is 62.2 Å². The van der Waals surface area contributed by atoms with Gasteiger partial charge in [-0.1, -0.05) is 45.9 Å². The van der Waals surface area contributed by atoms with Gasteiger partial charge in [-0.25, -0.2) is 28.8 Å². The Bertz CT molecular complexity index is 904. The number of hydrogen-bond donors (Lipinski definition) is 0. The molecule has 0 atom stereocenters. The number of carbonyl (C=O) groups is 6. The third kappa shape index (κ3) is 19.4. The van der Waals surface area contributed by atoms with Gasteiger partial charge in [0.2, 0.25) is 0 Å². The second kappa shape index (κ2) is 24.5. The van der Waals surface area contributed by atoms with Crippen molar-refractivity contribution in [3.05, 3.63) is 75.9 Å². The topological polar surface area (TPSA) is 158 Å². The normalized spacial score (nSPS) is 10.7. The SMILES string of the molecule is C=CC(=O)OCCC(CCCC(CCOC(=O)C=C)(CCOC(=O)C=C)CCOC(=O)C=C)(CCOC(=O)C=C)CCOC(=O)C=C. The maximum absolute atomic E-state index is 11.8. The lowest BCUT2D eigenvalue weighted by atomic mass is 9.70. The zero-order chi connectivity index (χ0) is 35.6. The number of rotatable bonds is 28. The molecule has 0 unspecified atom stereocenters. The van der Waals surface area contributed by atoms with Crippen molar-refractivity contribution in [1.29, 1.82) is 0 Å². The summed E-state index contributed by atoms with van der Waals surface area (Å²) in [7, 11) is 0. The standard InChI is InChI=1S/C35H48O12/c1-7-28(36)42-22-16-34(17-23-43-29(37)8-2,18-24-44-30(38)9-3)14-13-15-35(19-25-45-31(39)10-4,20-26-46-32(40)11-5)21-27-47-33(41)12-6/h7-12H,1-6,13-27H2. The fourth-order valence-electron chi connectivity index (χ4n) is 4.90. The van der Waals surface area contributed by atoms with Crippen molar-refractivity contribution in [1.82, 2.24) is 0 Å². The molecule has 0 spiro atoms. The number of esters is 6. The number of hydrogen-bond acceptors (Lipinski definition) is 12. The Kier molecular flexibility index (Phi) is 22.0. The first kappa shape index (κ1) is 42.3. The molecular weight excluding hydrogens is 612 g/mol. The summed E-state index contributed by atoms with van der Waals surface area (Å²) in [6.45, 7) is 20.6. The van der Waals surface area contributed by atoms with Gasteiger partial charge in [-0.2, -0.15) is 0 Å². The van der Waals surface area contributed by atoms with Crippen molar-refractivity contribution in [2.24, 2.45) is 10.8 Å². The molecule has 12 nitrogen and oxygen atoms in total. The van der Waals surface area contributed by atoms with Crippen LogP contribution in [0, 0.1) is 10.8 Å². The highest BCUT2D eigenvalue weighted by Gasteiger charge is 2.35. The highest BCUT2D eigenvalue weighted by atomic mass is 16.5. The molecule has 0 N–H and O–H groups in total. The van der Waals surface area contributed by atoms with Crippen LogP contribution < -0.4 is 0 Å². The van der Waals surface area contributed by atoms with E-state index in [2.05, 4.69) is 39.5 Å². The molecule has 0 saturated heterocycles. The van der Waals surface area contributed by atoms with Gasteiger partial charge in [0.15, 0.2) is 0 Å². The largest absolute Gasteiger partial charge is 0.463 e. The summed E-state index contributed by atoms with van der Waals surface area (Å²) in [6, 6.07) is 0. The lowest BCUT2D eigenvalue weighted by Crippen LogP contribution is -2.31. The summed E-state index contributed by atoms with van der Waals surface area (Å²) < 4.78 is 31.7. The van der Waals surface area contributed by atoms with Crippen LogP contribution in [0.5, 0.6) is 0 Å². The summed E-state index contributed by atoms with van der Waals surface area (Å²) in [5.74, 6) is -3.63. The number of ether oxygens (including phenoxy) is 6. The second-order valence-corrected chi connectivity index (χ2v) is 10.6. The lowest BCUT2D eigenvalue weighted by molar-refractivity contribution is -0.142. The predicted molar refractivity (Wildman–Crippen MR) is 173 cm³/mol. The molecule has 0 aromatic heterocycles. The lowest BCUT2D eigenvalue weighted by Gasteiger charge is -2.37. The van der Waals surface area contributed by atoms with Gasteiger partial charge < -0.3 is 28.4 Å². The fraction of sp³-hybridized carbons (Fsp3) is 0.486. The van der Waals surface area contributed by atoms with Crippen LogP contribution in [0.25, 0.3) is 0 Å². The minimum absolute atomic E-state index is 0.0212. The van der Waals surface area contributed by atoms with Crippen molar-refractivity contribution in [3.63, 3.8) is 0 Å². The van der Waals surface area contributed by atoms with Crippen LogP contribution in [-0.4, -0.2) is 75.5 Å². The van der Waals surface area contributed by atoms with Crippen LogP contribution >= 0.6 is 0 Å². The van der Waals surface area contributed by atoms with E-state index in [4.69, 9.17) is 28.4 Å². The average molecular weight is 661 g/mol. The molecule has 260 valence electrons. The smallest absolute Gasteiger partial charge is 0.330 e. The molecule has 0 rings (SSSR count). The Morgan fingerprint density at radius 3 is 0.660 bits per heavy atom. The van der Waals surface area contributed by atoms with Crippen LogP contribution in [-0.2, 0) is 57.2 Å². The van der Waals surface area contributed by atoms with Crippen molar-refractivity contribution >= 4 is 35.8 Å². The third-order valence-corrected chi connectivity index (χ3v) is 7.67. The quantitative estimate of drug-likeness (QED) is 0.0640. The Morgan fingerprint density at radius 2 is 0.511 bits per heavy atom. The zero-order valence-electron chi connectivity index (χ0n) is 27.2. The molecule has 0 aliphatic carbocycles. The van der Waals surface area contributed by atoms with E-state index in [1.807, 2.05) is 0 Å². The van der Waals surface area contributed by atoms with Gasteiger partial charge in [0.05, 0.1) is 39.6 Å². The van der Waals surface area contributed by atoms with Crippen molar-refractivity contribution in [2.75, 3.05) is 39.6 Å². The van der Waals surface area contributed by atoms with Crippen LogP contribution in [0.1, 0.15) is 57.8 Å². The Balaban J connectivity index is 6.34. The van der Waals surface area contributed by atoms with E-state index >= 15 is 0 Å². The summed E-state index contributed by atoms with van der Waals surface area (Å²) in [5.41, 5.74) is -1.29. The molecule has 0 bridgehead atoms. The Morgan fingerprint density at radius 1 is 0.340 bits per heavy atom. The molecule has 12 heteroatoms. The Labute approximate surface area is 277 Å². The fourth-order valence-corrected chi connectivity index (χ4v) is 4.90. The molecule has 0 aliphatic heterocycles.